The van der Waals surface area contributed by atoms with Crippen molar-refractivity contribution in [3.8, 4) is 0 Å². The van der Waals surface area contributed by atoms with Crippen LogP contribution < -0.4 is 11.1 Å². The van der Waals surface area contributed by atoms with Gasteiger partial charge in [-0.25, -0.2) is 8.78 Å². The normalized spacial score (nSPS) is 12.5. The van der Waals surface area contributed by atoms with E-state index in [-0.39, 0.29) is 0 Å². The molecule has 1 aromatic carbocycles. The molecule has 0 bridgehead atoms. The van der Waals surface area contributed by atoms with E-state index in [4.69, 9.17) is 5.73 Å². The summed E-state index contributed by atoms with van der Waals surface area (Å²) < 4.78 is 25.5. The van der Waals surface area contributed by atoms with Crippen molar-refractivity contribution in [3.63, 3.8) is 0 Å². The maximum Gasteiger partial charge on any atom is 0.239 e. The SMILES string of the molecule is CCN[C@H](C(N)=O)c1ccc(F)c(F)c1. The maximum absolute atomic E-state index is 12.9. The predicted molar refractivity (Wildman–Crippen MR) is 52.0 cm³/mol. The number of primary amides is 1. The minimum atomic E-state index is -0.989. The van der Waals surface area contributed by atoms with Gasteiger partial charge in [-0.2, -0.15) is 0 Å². The van der Waals surface area contributed by atoms with Crippen LogP contribution in [-0.2, 0) is 4.79 Å². The summed E-state index contributed by atoms with van der Waals surface area (Å²) in [7, 11) is 0. The molecule has 3 N–H and O–H groups in total. The molecule has 0 unspecified atom stereocenters. The lowest BCUT2D eigenvalue weighted by Gasteiger charge is -2.14. The molecule has 1 aromatic rings. The summed E-state index contributed by atoms with van der Waals surface area (Å²) in [6.45, 7) is 2.29. The fourth-order valence-electron chi connectivity index (χ4n) is 1.28. The lowest BCUT2D eigenvalue weighted by Crippen LogP contribution is -2.33. The van der Waals surface area contributed by atoms with E-state index >= 15 is 0 Å². The van der Waals surface area contributed by atoms with E-state index in [0.717, 1.165) is 12.1 Å². The molecular formula is C10H12F2N2O. The van der Waals surface area contributed by atoms with Gasteiger partial charge in [-0.1, -0.05) is 13.0 Å². The summed E-state index contributed by atoms with van der Waals surface area (Å²) in [6.07, 6.45) is 0. The van der Waals surface area contributed by atoms with E-state index in [2.05, 4.69) is 5.32 Å². The number of rotatable bonds is 4. The van der Waals surface area contributed by atoms with Crippen LogP contribution in [0.3, 0.4) is 0 Å². The molecular weight excluding hydrogens is 202 g/mol. The highest BCUT2D eigenvalue weighted by atomic mass is 19.2. The number of likely N-dealkylation sites (N-methyl/N-ethyl adjacent to an activating group) is 1. The van der Waals surface area contributed by atoms with E-state index in [0.29, 0.717) is 12.1 Å². The predicted octanol–water partition coefficient (Wildman–Crippen LogP) is 1.10. The molecule has 0 spiro atoms. The number of hydrogen-bond donors (Lipinski definition) is 2. The highest BCUT2D eigenvalue weighted by Crippen LogP contribution is 2.15. The Morgan fingerprint density at radius 1 is 1.47 bits per heavy atom. The first-order valence-corrected chi connectivity index (χ1v) is 4.54. The molecule has 0 aliphatic rings. The number of nitrogens with one attached hydrogen (secondary N) is 1. The van der Waals surface area contributed by atoms with Crippen molar-refractivity contribution in [3.05, 3.63) is 35.4 Å². The minimum absolute atomic E-state index is 0.322. The Kier molecular flexibility index (Phi) is 3.74. The van der Waals surface area contributed by atoms with Gasteiger partial charge in [-0.05, 0) is 24.2 Å². The number of carbonyl (C=O) groups excluding carboxylic acids is 1. The van der Waals surface area contributed by atoms with Crippen LogP contribution in [0.4, 0.5) is 8.78 Å². The highest BCUT2D eigenvalue weighted by molar-refractivity contribution is 5.81. The smallest absolute Gasteiger partial charge is 0.239 e. The molecule has 0 aromatic heterocycles. The third-order valence-electron chi connectivity index (χ3n) is 1.97. The van der Waals surface area contributed by atoms with Crippen molar-refractivity contribution in [2.45, 2.75) is 13.0 Å². The van der Waals surface area contributed by atoms with Crippen molar-refractivity contribution in [1.82, 2.24) is 5.32 Å². The molecule has 82 valence electrons. The van der Waals surface area contributed by atoms with Crippen LogP contribution in [0.25, 0.3) is 0 Å². The highest BCUT2D eigenvalue weighted by Gasteiger charge is 2.17. The average molecular weight is 214 g/mol. The largest absolute Gasteiger partial charge is 0.368 e. The monoisotopic (exact) mass is 214 g/mol. The van der Waals surface area contributed by atoms with Crippen LogP contribution in [0.2, 0.25) is 0 Å². The van der Waals surface area contributed by atoms with Gasteiger partial charge in [-0.3, -0.25) is 4.79 Å². The minimum Gasteiger partial charge on any atom is -0.368 e. The second-order valence-electron chi connectivity index (χ2n) is 3.07. The summed E-state index contributed by atoms with van der Waals surface area (Å²) in [5, 5.41) is 2.78. The van der Waals surface area contributed by atoms with Gasteiger partial charge in [0.05, 0.1) is 0 Å². The molecule has 1 atom stereocenters. The van der Waals surface area contributed by atoms with E-state index in [1.807, 2.05) is 0 Å². The van der Waals surface area contributed by atoms with Crippen molar-refractivity contribution in [1.29, 1.82) is 0 Å². The first kappa shape index (κ1) is 11.6. The van der Waals surface area contributed by atoms with Crippen LogP contribution in [-0.4, -0.2) is 12.5 Å². The molecule has 15 heavy (non-hydrogen) atoms. The van der Waals surface area contributed by atoms with Gasteiger partial charge in [0, 0.05) is 0 Å². The van der Waals surface area contributed by atoms with Gasteiger partial charge in [-0.15, -0.1) is 0 Å². The number of hydrogen-bond acceptors (Lipinski definition) is 2. The number of amides is 1. The van der Waals surface area contributed by atoms with Crippen LogP contribution in [0.5, 0.6) is 0 Å². The van der Waals surface area contributed by atoms with Gasteiger partial charge >= 0.3 is 0 Å². The Balaban J connectivity index is 3.01. The molecule has 0 heterocycles. The second kappa shape index (κ2) is 4.84. The third kappa shape index (κ3) is 2.73. The third-order valence-corrected chi connectivity index (χ3v) is 1.97. The fraction of sp³-hybridized carbons (Fsp3) is 0.300. The maximum atomic E-state index is 12.9. The van der Waals surface area contributed by atoms with Crippen LogP contribution in [0, 0.1) is 11.6 Å². The molecule has 0 saturated carbocycles. The number of benzene rings is 1. The van der Waals surface area contributed by atoms with Gasteiger partial charge in [0.25, 0.3) is 0 Å². The van der Waals surface area contributed by atoms with Gasteiger partial charge in [0.1, 0.15) is 6.04 Å². The van der Waals surface area contributed by atoms with Crippen molar-refractivity contribution >= 4 is 5.91 Å². The Hall–Kier alpha value is -1.49. The Labute approximate surface area is 86.3 Å². The van der Waals surface area contributed by atoms with E-state index in [1.165, 1.54) is 6.07 Å². The first-order valence-electron chi connectivity index (χ1n) is 4.54. The lowest BCUT2D eigenvalue weighted by molar-refractivity contribution is -0.120. The van der Waals surface area contributed by atoms with E-state index < -0.39 is 23.6 Å². The van der Waals surface area contributed by atoms with Gasteiger partial charge < -0.3 is 11.1 Å². The van der Waals surface area contributed by atoms with Crippen LogP contribution >= 0.6 is 0 Å². The van der Waals surface area contributed by atoms with Gasteiger partial charge in [0.2, 0.25) is 5.91 Å². The summed E-state index contributed by atoms with van der Waals surface area (Å²) in [4.78, 5) is 11.0. The summed E-state index contributed by atoms with van der Waals surface area (Å²) in [5.74, 6) is -2.56. The summed E-state index contributed by atoms with van der Waals surface area (Å²) in [6, 6.07) is 2.48. The van der Waals surface area contributed by atoms with Crippen LogP contribution in [0.1, 0.15) is 18.5 Å². The zero-order valence-electron chi connectivity index (χ0n) is 8.26. The van der Waals surface area contributed by atoms with Crippen molar-refractivity contribution < 1.29 is 13.6 Å². The average Bonchev–Trinajstić information content (AvgIpc) is 2.18. The second-order valence-corrected chi connectivity index (χ2v) is 3.07. The quantitative estimate of drug-likeness (QED) is 0.788. The molecule has 0 aliphatic carbocycles. The zero-order valence-corrected chi connectivity index (χ0v) is 8.26. The summed E-state index contributed by atoms with van der Waals surface area (Å²) >= 11 is 0. The molecule has 0 fully saturated rings. The Morgan fingerprint density at radius 2 is 2.13 bits per heavy atom. The first-order chi connectivity index (χ1) is 7.06. The Bertz CT molecular complexity index is 368. The number of halogens is 2. The Morgan fingerprint density at radius 3 is 2.60 bits per heavy atom. The fourth-order valence-corrected chi connectivity index (χ4v) is 1.28. The zero-order chi connectivity index (χ0) is 11.4. The molecule has 0 saturated heterocycles. The molecule has 1 amide bonds. The van der Waals surface area contributed by atoms with Crippen LogP contribution in [0.15, 0.2) is 18.2 Å². The standard InChI is InChI=1S/C10H12F2N2O/c1-2-14-9(10(13)15)6-3-4-7(11)8(12)5-6/h3-5,9,14H,2H2,1H3,(H2,13,15)/t9-/m0/s1. The number of carbonyl (C=O) groups is 1. The van der Waals surface area contributed by atoms with Crippen molar-refractivity contribution in [2.24, 2.45) is 5.73 Å². The summed E-state index contributed by atoms with van der Waals surface area (Å²) in [5.41, 5.74) is 5.45. The van der Waals surface area contributed by atoms with Crippen molar-refractivity contribution in [2.75, 3.05) is 6.54 Å². The number of nitrogens with two attached hydrogens (primary N) is 1. The van der Waals surface area contributed by atoms with E-state index in [1.54, 1.807) is 6.92 Å². The molecule has 1 rings (SSSR count). The molecule has 0 radical (unpaired) electrons. The molecule has 3 nitrogen and oxygen atoms in total. The molecule has 5 heteroatoms. The molecule has 0 aliphatic heterocycles. The van der Waals surface area contributed by atoms with Gasteiger partial charge in [0.15, 0.2) is 11.6 Å². The lowest BCUT2D eigenvalue weighted by atomic mass is 10.1. The van der Waals surface area contributed by atoms with E-state index in [9.17, 15) is 13.6 Å². The topological polar surface area (TPSA) is 55.1 Å².